The number of hydrazine groups is 1. The number of hydrogen-bond donors (Lipinski definition) is 2. The SMILES string of the molecule is NNC(c1ccccn1)c1c(F)ccc(Br)c1F. The van der Waals surface area contributed by atoms with E-state index in [-0.39, 0.29) is 10.0 Å². The average Bonchev–Trinajstić information content (AvgIpc) is 2.40. The maximum absolute atomic E-state index is 14.0. The van der Waals surface area contributed by atoms with Crippen LogP contribution < -0.4 is 11.3 Å². The fraction of sp³-hybridized carbons (Fsp3) is 0.0833. The summed E-state index contributed by atoms with van der Waals surface area (Å²) in [5, 5.41) is 0. The lowest BCUT2D eigenvalue weighted by molar-refractivity contribution is 0.502. The molecule has 1 unspecified atom stereocenters. The van der Waals surface area contributed by atoms with Gasteiger partial charge in [-0.05, 0) is 40.2 Å². The molecule has 18 heavy (non-hydrogen) atoms. The highest BCUT2D eigenvalue weighted by Crippen LogP contribution is 2.29. The Hall–Kier alpha value is -1.37. The van der Waals surface area contributed by atoms with Crippen molar-refractivity contribution < 1.29 is 8.78 Å². The average molecular weight is 314 g/mol. The van der Waals surface area contributed by atoms with Gasteiger partial charge in [0.1, 0.15) is 11.6 Å². The second-order valence-electron chi connectivity index (χ2n) is 3.61. The molecule has 6 heteroatoms. The van der Waals surface area contributed by atoms with E-state index in [4.69, 9.17) is 5.84 Å². The number of benzene rings is 1. The van der Waals surface area contributed by atoms with Crippen molar-refractivity contribution in [3.05, 3.63) is 63.9 Å². The summed E-state index contributed by atoms with van der Waals surface area (Å²) in [6.07, 6.45) is 1.54. The summed E-state index contributed by atoms with van der Waals surface area (Å²) in [5.41, 5.74) is 2.66. The predicted molar refractivity (Wildman–Crippen MR) is 67.5 cm³/mol. The minimum absolute atomic E-state index is 0.162. The van der Waals surface area contributed by atoms with Gasteiger partial charge in [0.05, 0.1) is 16.2 Å². The van der Waals surface area contributed by atoms with Gasteiger partial charge in [-0.3, -0.25) is 10.8 Å². The molecule has 0 fully saturated rings. The fourth-order valence-corrected chi connectivity index (χ4v) is 2.02. The van der Waals surface area contributed by atoms with E-state index in [2.05, 4.69) is 26.3 Å². The maximum atomic E-state index is 14.0. The normalized spacial score (nSPS) is 12.4. The summed E-state index contributed by atoms with van der Waals surface area (Å²) < 4.78 is 27.9. The van der Waals surface area contributed by atoms with E-state index in [1.807, 2.05) is 0 Å². The first-order valence-corrected chi connectivity index (χ1v) is 5.95. The van der Waals surface area contributed by atoms with Gasteiger partial charge in [0, 0.05) is 11.8 Å². The van der Waals surface area contributed by atoms with Crippen LogP contribution in [0, 0.1) is 11.6 Å². The Morgan fingerprint density at radius 2 is 2.00 bits per heavy atom. The van der Waals surface area contributed by atoms with Gasteiger partial charge in [0.25, 0.3) is 0 Å². The number of aromatic nitrogens is 1. The number of pyridine rings is 1. The Balaban J connectivity index is 2.56. The van der Waals surface area contributed by atoms with Gasteiger partial charge in [0.15, 0.2) is 0 Å². The summed E-state index contributed by atoms with van der Waals surface area (Å²) in [5.74, 6) is 4.02. The van der Waals surface area contributed by atoms with Crippen LogP contribution in [0.15, 0.2) is 41.0 Å². The molecule has 3 nitrogen and oxygen atoms in total. The van der Waals surface area contributed by atoms with E-state index in [0.717, 1.165) is 0 Å². The molecular formula is C12H10BrF2N3. The molecular weight excluding hydrogens is 304 g/mol. The molecule has 1 aromatic carbocycles. The lowest BCUT2D eigenvalue weighted by Gasteiger charge is -2.17. The molecule has 94 valence electrons. The Morgan fingerprint density at radius 3 is 2.61 bits per heavy atom. The van der Waals surface area contributed by atoms with E-state index < -0.39 is 17.7 Å². The summed E-state index contributed by atoms with van der Waals surface area (Å²) in [7, 11) is 0. The second-order valence-corrected chi connectivity index (χ2v) is 4.47. The molecule has 0 bridgehead atoms. The highest BCUT2D eigenvalue weighted by atomic mass is 79.9. The van der Waals surface area contributed by atoms with Gasteiger partial charge in [-0.25, -0.2) is 14.2 Å². The van der Waals surface area contributed by atoms with Crippen LogP contribution in [0.5, 0.6) is 0 Å². The van der Waals surface area contributed by atoms with Crippen molar-refractivity contribution in [3.63, 3.8) is 0 Å². The quantitative estimate of drug-likeness (QED) is 0.520. The zero-order chi connectivity index (χ0) is 13.1. The summed E-state index contributed by atoms with van der Waals surface area (Å²) in [4.78, 5) is 4.05. The Kier molecular flexibility index (Phi) is 4.00. The van der Waals surface area contributed by atoms with Gasteiger partial charge in [-0.15, -0.1) is 0 Å². The lowest BCUT2D eigenvalue weighted by Crippen LogP contribution is -2.31. The molecule has 0 aliphatic carbocycles. The van der Waals surface area contributed by atoms with Crippen LogP contribution in [-0.2, 0) is 0 Å². The van der Waals surface area contributed by atoms with Gasteiger partial charge in [-0.1, -0.05) is 6.07 Å². The predicted octanol–water partition coefficient (Wildman–Crippen LogP) is 2.68. The van der Waals surface area contributed by atoms with E-state index in [9.17, 15) is 8.78 Å². The largest absolute Gasteiger partial charge is 0.271 e. The van der Waals surface area contributed by atoms with Crippen molar-refractivity contribution in [2.75, 3.05) is 0 Å². The molecule has 1 atom stereocenters. The molecule has 2 rings (SSSR count). The standard InChI is InChI=1S/C12H10BrF2N3/c13-7-4-5-8(14)10(11(7)15)12(18-16)9-3-1-2-6-17-9/h1-6,12,18H,16H2. The number of nitrogens with one attached hydrogen (secondary N) is 1. The van der Waals surface area contributed by atoms with Crippen LogP contribution in [-0.4, -0.2) is 4.98 Å². The number of nitrogens with two attached hydrogens (primary N) is 1. The molecule has 0 radical (unpaired) electrons. The molecule has 1 aromatic heterocycles. The maximum Gasteiger partial charge on any atom is 0.145 e. The zero-order valence-corrected chi connectivity index (χ0v) is 10.8. The van der Waals surface area contributed by atoms with E-state index >= 15 is 0 Å². The van der Waals surface area contributed by atoms with Crippen LogP contribution in [0.3, 0.4) is 0 Å². The van der Waals surface area contributed by atoms with E-state index in [0.29, 0.717) is 5.69 Å². The monoisotopic (exact) mass is 313 g/mol. The molecule has 3 N–H and O–H groups in total. The lowest BCUT2D eigenvalue weighted by atomic mass is 10.0. The van der Waals surface area contributed by atoms with E-state index in [1.54, 1.807) is 18.2 Å². The number of rotatable bonds is 3. The number of hydrogen-bond acceptors (Lipinski definition) is 3. The zero-order valence-electron chi connectivity index (χ0n) is 9.20. The van der Waals surface area contributed by atoms with Gasteiger partial charge < -0.3 is 0 Å². The first-order chi connectivity index (χ1) is 8.65. The molecule has 0 aliphatic rings. The van der Waals surface area contributed by atoms with Crippen LogP contribution >= 0.6 is 15.9 Å². The third-order valence-electron chi connectivity index (χ3n) is 2.52. The van der Waals surface area contributed by atoms with Gasteiger partial charge in [0.2, 0.25) is 0 Å². The molecule has 2 aromatic rings. The smallest absolute Gasteiger partial charge is 0.145 e. The Bertz CT molecular complexity index is 549. The number of halogens is 3. The first-order valence-electron chi connectivity index (χ1n) is 5.15. The van der Waals surface area contributed by atoms with Crippen molar-refractivity contribution in [1.29, 1.82) is 0 Å². The van der Waals surface area contributed by atoms with Crippen LogP contribution in [0.1, 0.15) is 17.3 Å². The highest BCUT2D eigenvalue weighted by Gasteiger charge is 2.23. The molecule has 0 saturated carbocycles. The van der Waals surface area contributed by atoms with Crippen LogP contribution in [0.4, 0.5) is 8.78 Å². The number of nitrogens with zero attached hydrogens (tertiary/aromatic N) is 1. The summed E-state index contributed by atoms with van der Waals surface area (Å²) in [6, 6.07) is 6.72. The first kappa shape index (κ1) is 13.1. The molecule has 0 amide bonds. The highest BCUT2D eigenvalue weighted by molar-refractivity contribution is 9.10. The van der Waals surface area contributed by atoms with Crippen molar-refractivity contribution in [1.82, 2.24) is 10.4 Å². The summed E-state index contributed by atoms with van der Waals surface area (Å²) >= 11 is 3.02. The Labute approximate surface area is 111 Å². The minimum Gasteiger partial charge on any atom is -0.271 e. The molecule has 1 heterocycles. The van der Waals surface area contributed by atoms with Crippen molar-refractivity contribution in [2.45, 2.75) is 6.04 Å². The second kappa shape index (κ2) is 5.51. The van der Waals surface area contributed by atoms with Crippen molar-refractivity contribution >= 4 is 15.9 Å². The van der Waals surface area contributed by atoms with Crippen molar-refractivity contribution in [3.8, 4) is 0 Å². The van der Waals surface area contributed by atoms with E-state index in [1.165, 1.54) is 18.3 Å². The third kappa shape index (κ3) is 2.40. The van der Waals surface area contributed by atoms with Gasteiger partial charge in [-0.2, -0.15) is 0 Å². The van der Waals surface area contributed by atoms with Crippen molar-refractivity contribution in [2.24, 2.45) is 5.84 Å². The Morgan fingerprint density at radius 1 is 1.22 bits per heavy atom. The molecule has 0 spiro atoms. The third-order valence-corrected chi connectivity index (χ3v) is 3.13. The topological polar surface area (TPSA) is 50.9 Å². The van der Waals surface area contributed by atoms with Gasteiger partial charge >= 0.3 is 0 Å². The minimum atomic E-state index is -0.844. The van der Waals surface area contributed by atoms with Crippen LogP contribution in [0.2, 0.25) is 0 Å². The molecule has 0 saturated heterocycles. The summed E-state index contributed by atoms with van der Waals surface area (Å²) in [6.45, 7) is 0. The van der Waals surface area contributed by atoms with Crippen LogP contribution in [0.25, 0.3) is 0 Å². The fourth-order valence-electron chi connectivity index (χ4n) is 1.67. The molecule has 0 aliphatic heterocycles.